The molecule has 0 fully saturated rings. The molecule has 2 aromatic carbocycles. The highest BCUT2D eigenvalue weighted by atomic mass is 32.1. The van der Waals surface area contributed by atoms with Gasteiger partial charge >= 0.3 is 0 Å². The Labute approximate surface area is 163 Å². The molecule has 0 saturated heterocycles. The van der Waals surface area contributed by atoms with Gasteiger partial charge in [0.1, 0.15) is 5.75 Å². The van der Waals surface area contributed by atoms with Crippen molar-refractivity contribution in [3.8, 4) is 27.4 Å². The number of imidazole rings is 1. The third-order valence-corrected chi connectivity index (χ3v) is 5.85. The second-order valence-electron chi connectivity index (χ2n) is 6.84. The smallest absolute Gasteiger partial charge is 0.195 e. The molecule has 0 aliphatic heterocycles. The fraction of sp³-hybridized carbons (Fsp3) is 0.227. The molecule has 0 saturated carbocycles. The summed E-state index contributed by atoms with van der Waals surface area (Å²) in [5, 5.41) is 0. The summed E-state index contributed by atoms with van der Waals surface area (Å²) in [5.41, 5.74) is 11.5. The van der Waals surface area contributed by atoms with E-state index in [1.807, 2.05) is 12.1 Å². The summed E-state index contributed by atoms with van der Waals surface area (Å²) in [6.07, 6.45) is 2.13. The quantitative estimate of drug-likeness (QED) is 0.512. The SMILES string of the molecule is COc1ccc(C(C)C)cc1-c1nc2sc(-c3ccccc3)cn2c1CN. The Morgan fingerprint density at radius 2 is 1.93 bits per heavy atom. The van der Waals surface area contributed by atoms with Crippen molar-refractivity contribution in [1.82, 2.24) is 9.38 Å². The van der Waals surface area contributed by atoms with Crippen LogP contribution in [0.1, 0.15) is 31.0 Å². The third-order valence-electron chi connectivity index (χ3n) is 4.82. The van der Waals surface area contributed by atoms with Crippen molar-refractivity contribution < 1.29 is 4.74 Å². The van der Waals surface area contributed by atoms with E-state index in [4.69, 9.17) is 15.5 Å². The van der Waals surface area contributed by atoms with Crippen LogP contribution in [0.15, 0.2) is 54.7 Å². The number of nitrogens with zero attached hydrogens (tertiary/aromatic N) is 2. The van der Waals surface area contributed by atoms with E-state index in [-0.39, 0.29) is 0 Å². The number of aromatic nitrogens is 2. The lowest BCUT2D eigenvalue weighted by atomic mass is 9.98. The third kappa shape index (κ3) is 3.13. The van der Waals surface area contributed by atoms with Crippen LogP contribution in [0.4, 0.5) is 0 Å². The molecular weight excluding hydrogens is 354 g/mol. The van der Waals surface area contributed by atoms with Crippen LogP contribution >= 0.6 is 11.3 Å². The maximum Gasteiger partial charge on any atom is 0.195 e. The standard InChI is InChI=1S/C22H23N3OS/c1-14(2)16-9-10-19(26-3)17(11-16)21-18(12-23)25-13-20(27-22(25)24-21)15-7-5-4-6-8-15/h4-11,13-14H,12,23H2,1-3H3. The van der Waals surface area contributed by atoms with E-state index in [2.05, 4.69) is 60.8 Å². The van der Waals surface area contributed by atoms with Crippen LogP contribution in [0, 0.1) is 0 Å². The molecule has 138 valence electrons. The van der Waals surface area contributed by atoms with E-state index in [9.17, 15) is 0 Å². The van der Waals surface area contributed by atoms with Crippen molar-refractivity contribution in [2.45, 2.75) is 26.3 Å². The molecule has 27 heavy (non-hydrogen) atoms. The average molecular weight is 378 g/mol. The normalized spacial score (nSPS) is 11.4. The van der Waals surface area contributed by atoms with Gasteiger partial charge in [-0.05, 0) is 29.2 Å². The Kier molecular flexibility index (Phi) is 4.72. The van der Waals surface area contributed by atoms with Crippen LogP contribution in [0.3, 0.4) is 0 Å². The van der Waals surface area contributed by atoms with Crippen LogP contribution in [0.2, 0.25) is 0 Å². The Morgan fingerprint density at radius 1 is 1.15 bits per heavy atom. The molecule has 5 heteroatoms. The summed E-state index contributed by atoms with van der Waals surface area (Å²) < 4.78 is 7.73. The molecule has 0 unspecified atom stereocenters. The lowest BCUT2D eigenvalue weighted by Crippen LogP contribution is -2.02. The molecule has 0 aliphatic carbocycles. The van der Waals surface area contributed by atoms with Crippen LogP contribution in [0.25, 0.3) is 26.7 Å². The highest BCUT2D eigenvalue weighted by Gasteiger charge is 2.19. The zero-order chi connectivity index (χ0) is 19.0. The Balaban J connectivity index is 1.88. The molecule has 0 spiro atoms. The summed E-state index contributed by atoms with van der Waals surface area (Å²) >= 11 is 1.67. The Bertz CT molecular complexity index is 1080. The van der Waals surface area contributed by atoms with Gasteiger partial charge in [0, 0.05) is 18.3 Å². The second kappa shape index (κ2) is 7.18. The molecule has 0 aliphatic rings. The molecule has 2 N–H and O–H groups in total. The number of thiazole rings is 1. The van der Waals surface area contributed by atoms with E-state index in [1.165, 1.54) is 16.0 Å². The minimum atomic E-state index is 0.413. The van der Waals surface area contributed by atoms with E-state index in [0.29, 0.717) is 12.5 Å². The summed E-state index contributed by atoms with van der Waals surface area (Å²) in [6.45, 7) is 4.79. The number of hydrogen-bond acceptors (Lipinski definition) is 4. The van der Waals surface area contributed by atoms with Gasteiger partial charge in [-0.3, -0.25) is 4.40 Å². The van der Waals surface area contributed by atoms with Gasteiger partial charge in [0.05, 0.1) is 23.4 Å². The molecule has 0 amide bonds. The predicted molar refractivity (Wildman–Crippen MR) is 112 cm³/mol. The fourth-order valence-electron chi connectivity index (χ4n) is 3.31. The van der Waals surface area contributed by atoms with Crippen LogP contribution in [0.5, 0.6) is 5.75 Å². The van der Waals surface area contributed by atoms with Gasteiger partial charge in [-0.1, -0.05) is 61.6 Å². The lowest BCUT2D eigenvalue weighted by molar-refractivity contribution is 0.416. The molecule has 0 radical (unpaired) electrons. The number of methoxy groups -OCH3 is 1. The van der Waals surface area contributed by atoms with Gasteiger partial charge in [-0.2, -0.15) is 0 Å². The van der Waals surface area contributed by atoms with Crippen LogP contribution in [-0.4, -0.2) is 16.5 Å². The highest BCUT2D eigenvalue weighted by Crippen LogP contribution is 2.37. The van der Waals surface area contributed by atoms with Gasteiger partial charge in [-0.15, -0.1) is 0 Å². The first-order chi connectivity index (χ1) is 13.1. The number of rotatable bonds is 5. The summed E-state index contributed by atoms with van der Waals surface area (Å²) in [5.74, 6) is 1.26. The molecule has 4 rings (SSSR count). The highest BCUT2D eigenvalue weighted by molar-refractivity contribution is 7.20. The van der Waals surface area contributed by atoms with Crippen molar-refractivity contribution in [1.29, 1.82) is 0 Å². The van der Waals surface area contributed by atoms with Gasteiger partial charge in [0.25, 0.3) is 0 Å². The van der Waals surface area contributed by atoms with Crippen LogP contribution in [-0.2, 0) is 6.54 Å². The van der Waals surface area contributed by atoms with Crippen molar-refractivity contribution in [3.05, 3.63) is 66.0 Å². The van der Waals surface area contributed by atoms with E-state index < -0.39 is 0 Å². The Hall–Kier alpha value is -2.63. The minimum absolute atomic E-state index is 0.413. The molecule has 0 bridgehead atoms. The van der Waals surface area contributed by atoms with Gasteiger partial charge in [-0.25, -0.2) is 4.98 Å². The van der Waals surface area contributed by atoms with Gasteiger partial charge < -0.3 is 10.5 Å². The van der Waals surface area contributed by atoms with Crippen molar-refractivity contribution in [2.75, 3.05) is 7.11 Å². The van der Waals surface area contributed by atoms with E-state index in [0.717, 1.165) is 27.7 Å². The summed E-state index contributed by atoms with van der Waals surface area (Å²) in [4.78, 5) is 7.06. The molecule has 4 aromatic rings. The largest absolute Gasteiger partial charge is 0.496 e. The molecule has 2 aromatic heterocycles. The second-order valence-corrected chi connectivity index (χ2v) is 7.85. The summed E-state index contributed by atoms with van der Waals surface area (Å²) in [7, 11) is 1.70. The molecular formula is C22H23N3OS. The van der Waals surface area contributed by atoms with Crippen molar-refractivity contribution >= 4 is 16.3 Å². The number of fused-ring (bicyclic) bond motifs is 1. The topological polar surface area (TPSA) is 52.5 Å². The fourth-order valence-corrected chi connectivity index (χ4v) is 4.31. The zero-order valence-electron chi connectivity index (χ0n) is 15.8. The Morgan fingerprint density at radius 3 is 2.59 bits per heavy atom. The first-order valence-corrected chi connectivity index (χ1v) is 9.88. The zero-order valence-corrected chi connectivity index (χ0v) is 16.6. The van der Waals surface area contributed by atoms with Gasteiger partial charge in [0.2, 0.25) is 0 Å². The molecule has 4 nitrogen and oxygen atoms in total. The monoisotopic (exact) mass is 377 g/mol. The first-order valence-electron chi connectivity index (χ1n) is 9.07. The van der Waals surface area contributed by atoms with E-state index >= 15 is 0 Å². The number of hydrogen-bond donors (Lipinski definition) is 1. The maximum absolute atomic E-state index is 6.14. The first kappa shape index (κ1) is 17.8. The van der Waals surface area contributed by atoms with Crippen molar-refractivity contribution in [2.24, 2.45) is 5.73 Å². The van der Waals surface area contributed by atoms with Gasteiger partial charge in [0.15, 0.2) is 4.96 Å². The van der Waals surface area contributed by atoms with Crippen LogP contribution < -0.4 is 10.5 Å². The predicted octanol–water partition coefficient (Wildman–Crippen LogP) is 5.32. The van der Waals surface area contributed by atoms with Crippen molar-refractivity contribution in [3.63, 3.8) is 0 Å². The number of nitrogens with two attached hydrogens (primary N) is 1. The lowest BCUT2D eigenvalue weighted by Gasteiger charge is -2.12. The summed E-state index contributed by atoms with van der Waals surface area (Å²) in [6, 6.07) is 16.7. The van der Waals surface area contributed by atoms with E-state index in [1.54, 1.807) is 18.4 Å². The molecule has 0 atom stereocenters. The molecule has 2 heterocycles. The average Bonchev–Trinajstić information content (AvgIpc) is 3.25. The maximum atomic E-state index is 6.14. The minimum Gasteiger partial charge on any atom is -0.496 e. The number of ether oxygens (including phenoxy) is 1. The number of benzene rings is 2.